The number of aryl methyl sites for hydroxylation is 1. The Labute approximate surface area is 174 Å². The van der Waals surface area contributed by atoms with Crippen molar-refractivity contribution in [2.45, 2.75) is 55.3 Å². The highest BCUT2D eigenvalue weighted by molar-refractivity contribution is 8.01. The van der Waals surface area contributed by atoms with Crippen LogP contribution in [0.4, 0.5) is 23.9 Å². The topological polar surface area (TPSA) is 58.2 Å². The highest BCUT2D eigenvalue weighted by Crippen LogP contribution is 2.41. The van der Waals surface area contributed by atoms with Gasteiger partial charge in [0, 0.05) is 16.2 Å². The molecule has 1 aromatic carbocycles. The number of hydrogen-bond acceptors (Lipinski definition) is 4. The first-order valence-corrected chi connectivity index (χ1v) is 11.0. The van der Waals surface area contributed by atoms with E-state index in [0.717, 1.165) is 60.1 Å². The van der Waals surface area contributed by atoms with Crippen molar-refractivity contribution in [3.8, 4) is 0 Å². The Bertz CT molecular complexity index is 985. The average molecular weight is 441 g/mol. The van der Waals surface area contributed by atoms with Crippen LogP contribution in [-0.2, 0) is 28.6 Å². The maximum Gasteiger partial charge on any atom is 0.416 e. The van der Waals surface area contributed by atoms with Gasteiger partial charge in [-0.2, -0.15) is 13.2 Å². The highest BCUT2D eigenvalue weighted by Gasteiger charge is 2.34. The molecule has 9 heteroatoms. The monoisotopic (exact) mass is 440 g/mol. The molecule has 2 aromatic rings. The molecule has 4 rings (SSSR count). The molecule has 2 N–H and O–H groups in total. The molecule has 29 heavy (non-hydrogen) atoms. The Kier molecular flexibility index (Phi) is 5.37. The fourth-order valence-electron chi connectivity index (χ4n) is 3.65. The first-order valence-electron chi connectivity index (χ1n) is 9.32. The number of carbonyl (C=O) groups is 2. The number of amides is 2. The highest BCUT2D eigenvalue weighted by atomic mass is 32.2. The van der Waals surface area contributed by atoms with E-state index in [4.69, 9.17) is 0 Å². The fraction of sp³-hybridized carbons (Fsp3) is 0.400. The third-order valence-corrected chi connectivity index (χ3v) is 7.77. The summed E-state index contributed by atoms with van der Waals surface area (Å²) in [4.78, 5) is 26.7. The summed E-state index contributed by atoms with van der Waals surface area (Å²) >= 11 is 2.72. The first kappa shape index (κ1) is 20.3. The third-order valence-electron chi connectivity index (χ3n) is 5.19. The summed E-state index contributed by atoms with van der Waals surface area (Å²) in [5.41, 5.74) is 1.75. The van der Waals surface area contributed by atoms with Gasteiger partial charge in [0.05, 0.1) is 21.5 Å². The molecule has 1 aromatic heterocycles. The summed E-state index contributed by atoms with van der Waals surface area (Å²) in [6.45, 7) is 2.01. The maximum atomic E-state index is 12.9. The van der Waals surface area contributed by atoms with Gasteiger partial charge in [-0.15, -0.1) is 23.1 Å². The van der Waals surface area contributed by atoms with Gasteiger partial charge in [0.25, 0.3) is 0 Å². The van der Waals surface area contributed by atoms with E-state index in [-0.39, 0.29) is 18.0 Å². The molecule has 0 bridgehead atoms. The van der Waals surface area contributed by atoms with E-state index < -0.39 is 22.9 Å². The van der Waals surface area contributed by atoms with Gasteiger partial charge < -0.3 is 10.6 Å². The molecular formula is C20H19F3N2O2S2. The smallest absolute Gasteiger partial charge is 0.324 e. The SMILES string of the molecule is Cc1c(NC(=O)CC2Sc3ccc(C(F)(F)F)cc3NC2=O)sc2c1CCCC2. The van der Waals surface area contributed by atoms with Crippen LogP contribution in [-0.4, -0.2) is 17.1 Å². The number of thioether (sulfide) groups is 1. The van der Waals surface area contributed by atoms with Crippen molar-refractivity contribution in [2.24, 2.45) is 0 Å². The molecule has 1 aliphatic carbocycles. The van der Waals surface area contributed by atoms with Gasteiger partial charge in [-0.1, -0.05) is 0 Å². The van der Waals surface area contributed by atoms with Gasteiger partial charge in [-0.05, 0) is 61.9 Å². The van der Waals surface area contributed by atoms with Gasteiger partial charge in [0.15, 0.2) is 0 Å². The van der Waals surface area contributed by atoms with Crippen LogP contribution >= 0.6 is 23.1 Å². The molecule has 0 spiro atoms. The predicted molar refractivity (Wildman–Crippen MR) is 109 cm³/mol. The second-order valence-electron chi connectivity index (χ2n) is 7.22. The quantitative estimate of drug-likeness (QED) is 0.672. The molecule has 2 heterocycles. The normalized spacial score (nSPS) is 18.6. The van der Waals surface area contributed by atoms with Crippen LogP contribution in [0.5, 0.6) is 0 Å². The van der Waals surface area contributed by atoms with E-state index in [9.17, 15) is 22.8 Å². The van der Waals surface area contributed by atoms with Gasteiger partial charge in [-0.25, -0.2) is 0 Å². The zero-order chi connectivity index (χ0) is 20.8. The van der Waals surface area contributed by atoms with Crippen molar-refractivity contribution in [1.82, 2.24) is 0 Å². The van der Waals surface area contributed by atoms with E-state index in [1.54, 1.807) is 11.3 Å². The summed E-state index contributed by atoms with van der Waals surface area (Å²) in [6.07, 6.45) is -0.127. The Morgan fingerprint density at radius 3 is 2.76 bits per heavy atom. The third kappa shape index (κ3) is 4.16. The van der Waals surface area contributed by atoms with Crippen LogP contribution in [0.2, 0.25) is 0 Å². The maximum absolute atomic E-state index is 12.9. The molecule has 2 aliphatic rings. The zero-order valence-electron chi connectivity index (χ0n) is 15.6. The number of thiophene rings is 1. The molecular weight excluding hydrogens is 421 g/mol. The van der Waals surface area contributed by atoms with Gasteiger partial charge >= 0.3 is 6.18 Å². The van der Waals surface area contributed by atoms with Crippen molar-refractivity contribution < 1.29 is 22.8 Å². The van der Waals surface area contributed by atoms with E-state index in [1.165, 1.54) is 16.5 Å². The molecule has 0 saturated carbocycles. The minimum Gasteiger partial charge on any atom is -0.324 e. The number of fused-ring (bicyclic) bond motifs is 2. The number of halogens is 3. The van der Waals surface area contributed by atoms with Crippen molar-refractivity contribution in [1.29, 1.82) is 0 Å². The van der Waals surface area contributed by atoms with E-state index in [0.29, 0.717) is 4.90 Å². The summed E-state index contributed by atoms with van der Waals surface area (Å²) in [6, 6.07) is 3.25. The Balaban J connectivity index is 1.44. The zero-order valence-corrected chi connectivity index (χ0v) is 17.2. The summed E-state index contributed by atoms with van der Waals surface area (Å²) in [5, 5.41) is 5.58. The minimum absolute atomic E-state index is 0.0427. The van der Waals surface area contributed by atoms with E-state index in [2.05, 4.69) is 10.6 Å². The number of anilines is 2. The molecule has 154 valence electrons. The molecule has 1 unspecified atom stereocenters. The average Bonchev–Trinajstić information content (AvgIpc) is 2.97. The Morgan fingerprint density at radius 2 is 2.03 bits per heavy atom. The number of benzene rings is 1. The first-order chi connectivity index (χ1) is 13.7. The molecule has 4 nitrogen and oxygen atoms in total. The molecule has 2 amide bonds. The lowest BCUT2D eigenvalue weighted by atomic mass is 9.96. The van der Waals surface area contributed by atoms with Crippen molar-refractivity contribution in [2.75, 3.05) is 10.6 Å². The summed E-state index contributed by atoms with van der Waals surface area (Å²) in [5.74, 6) is -0.728. The lowest BCUT2D eigenvalue weighted by molar-refractivity contribution is -0.137. The van der Waals surface area contributed by atoms with Gasteiger partial charge in [0.2, 0.25) is 11.8 Å². The lowest BCUT2D eigenvalue weighted by Gasteiger charge is -2.24. The van der Waals surface area contributed by atoms with E-state index >= 15 is 0 Å². The number of hydrogen-bond donors (Lipinski definition) is 2. The minimum atomic E-state index is -4.47. The number of alkyl halides is 3. The lowest BCUT2D eigenvalue weighted by Crippen LogP contribution is -2.32. The number of rotatable bonds is 3. The van der Waals surface area contributed by atoms with Crippen LogP contribution in [0.1, 0.15) is 40.8 Å². The number of nitrogens with one attached hydrogen (secondary N) is 2. The predicted octanol–water partition coefficient (Wildman–Crippen LogP) is 5.40. The molecule has 0 fully saturated rings. The molecule has 1 atom stereocenters. The standard InChI is InChI=1S/C20H19F3N2O2S2/c1-10-12-4-2-3-5-14(12)29-19(10)25-17(26)9-16-18(27)24-13-8-11(20(21,22)23)6-7-15(13)28-16/h6-8,16H,2-5,9H2,1H3,(H,24,27)(H,25,26). The summed E-state index contributed by atoms with van der Waals surface area (Å²) in [7, 11) is 0. The van der Waals surface area contributed by atoms with Crippen molar-refractivity contribution >= 4 is 45.6 Å². The van der Waals surface area contributed by atoms with E-state index in [1.807, 2.05) is 6.92 Å². The van der Waals surface area contributed by atoms with Crippen LogP contribution in [0.3, 0.4) is 0 Å². The van der Waals surface area contributed by atoms with Crippen molar-refractivity contribution in [3.63, 3.8) is 0 Å². The van der Waals surface area contributed by atoms with Crippen LogP contribution in [0.15, 0.2) is 23.1 Å². The fourth-order valence-corrected chi connectivity index (χ4v) is 6.05. The molecule has 0 saturated heterocycles. The molecule has 0 radical (unpaired) electrons. The van der Waals surface area contributed by atoms with Crippen LogP contribution in [0.25, 0.3) is 0 Å². The van der Waals surface area contributed by atoms with Crippen molar-refractivity contribution in [3.05, 3.63) is 39.8 Å². The second-order valence-corrected chi connectivity index (χ2v) is 9.57. The van der Waals surface area contributed by atoms with Gasteiger partial charge in [0.1, 0.15) is 0 Å². The number of carbonyl (C=O) groups excluding carboxylic acids is 2. The van der Waals surface area contributed by atoms with Gasteiger partial charge in [-0.3, -0.25) is 9.59 Å². The Hall–Kier alpha value is -2.00. The molecule has 1 aliphatic heterocycles. The van der Waals surface area contributed by atoms with Crippen LogP contribution < -0.4 is 10.6 Å². The summed E-state index contributed by atoms with van der Waals surface area (Å²) < 4.78 is 38.6. The second kappa shape index (κ2) is 7.68. The Morgan fingerprint density at radius 1 is 1.28 bits per heavy atom. The van der Waals surface area contributed by atoms with Crippen LogP contribution in [0, 0.1) is 6.92 Å². The largest absolute Gasteiger partial charge is 0.416 e.